The Morgan fingerprint density at radius 2 is 1.66 bits per heavy atom. The van der Waals surface area contributed by atoms with E-state index in [0.29, 0.717) is 28.3 Å². The molecule has 4 N–H and O–H groups in total. The fraction of sp³-hybridized carbons (Fsp3) is 0.200. The number of ether oxygens (including phenoxy) is 3. The normalized spacial score (nSPS) is 16.6. The highest BCUT2D eigenvalue weighted by molar-refractivity contribution is 5.86. The van der Waals surface area contributed by atoms with E-state index in [2.05, 4.69) is 5.16 Å². The van der Waals surface area contributed by atoms with Crippen LogP contribution in [0.1, 0.15) is 43.1 Å². The maximum atomic E-state index is 12.8. The summed E-state index contributed by atoms with van der Waals surface area (Å²) < 4.78 is 29.3. The van der Waals surface area contributed by atoms with Gasteiger partial charge in [-0.1, -0.05) is 11.2 Å². The van der Waals surface area contributed by atoms with Crippen molar-refractivity contribution < 1.29 is 43.6 Å². The average molecular weight is 560 g/mol. The van der Waals surface area contributed by atoms with Gasteiger partial charge in [-0.05, 0) is 44.2 Å². The van der Waals surface area contributed by atoms with E-state index in [1.807, 2.05) is 0 Å². The van der Waals surface area contributed by atoms with Crippen LogP contribution in [0.3, 0.4) is 0 Å². The highest BCUT2D eigenvalue weighted by atomic mass is 16.6. The Balaban J connectivity index is 1.44. The van der Waals surface area contributed by atoms with Crippen LogP contribution >= 0.6 is 0 Å². The van der Waals surface area contributed by atoms with Gasteiger partial charge in [-0.15, -0.1) is 0 Å². The minimum atomic E-state index is -1.28. The number of phenols is 3. The highest BCUT2D eigenvalue weighted by Crippen LogP contribution is 2.48. The second-order valence-corrected chi connectivity index (χ2v) is 10.2. The van der Waals surface area contributed by atoms with Crippen molar-refractivity contribution in [2.24, 2.45) is 0 Å². The maximum absolute atomic E-state index is 12.8. The van der Waals surface area contributed by atoms with Crippen molar-refractivity contribution in [3.63, 3.8) is 0 Å². The molecule has 2 aromatic heterocycles. The van der Waals surface area contributed by atoms with Crippen molar-refractivity contribution in [2.75, 3.05) is 7.11 Å². The molecule has 1 aliphatic rings. The predicted octanol–water partition coefficient (Wildman–Crippen LogP) is 5.05. The molecule has 0 bridgehead atoms. The number of aliphatic hydroxyl groups is 1. The third kappa shape index (κ3) is 4.66. The molecule has 3 aromatic carbocycles. The lowest BCUT2D eigenvalue weighted by atomic mass is 9.98. The summed E-state index contributed by atoms with van der Waals surface area (Å²) in [6, 6.07) is 14.8. The lowest BCUT2D eigenvalue weighted by Gasteiger charge is -2.33. The molecule has 5 aromatic rings. The molecule has 0 amide bonds. The second kappa shape index (κ2) is 9.49. The average Bonchev–Trinajstić information content (AvgIpc) is 3.43. The molecule has 0 aliphatic carbocycles. The number of hydrogen-bond donors (Lipinski definition) is 4. The van der Waals surface area contributed by atoms with Gasteiger partial charge in [0.25, 0.3) is 0 Å². The Kier molecular flexibility index (Phi) is 6.04. The third-order valence-electron chi connectivity index (χ3n) is 6.76. The van der Waals surface area contributed by atoms with Gasteiger partial charge in [-0.3, -0.25) is 4.79 Å². The Bertz CT molecular complexity index is 1850. The van der Waals surface area contributed by atoms with Gasteiger partial charge in [0.05, 0.1) is 7.11 Å². The molecule has 0 spiro atoms. The molecule has 0 fully saturated rings. The summed E-state index contributed by atoms with van der Waals surface area (Å²) >= 11 is 0. The number of aromatic hydroxyl groups is 3. The van der Waals surface area contributed by atoms with E-state index >= 15 is 0 Å². The summed E-state index contributed by atoms with van der Waals surface area (Å²) in [5.74, 6) is 0.637. The van der Waals surface area contributed by atoms with Gasteiger partial charge in [0, 0.05) is 35.4 Å². The quantitative estimate of drug-likeness (QED) is 0.228. The van der Waals surface area contributed by atoms with Crippen molar-refractivity contribution in [1.82, 2.24) is 5.16 Å². The van der Waals surface area contributed by atoms with E-state index < -0.39 is 23.2 Å². The van der Waals surface area contributed by atoms with Crippen LogP contribution in [0.2, 0.25) is 0 Å². The van der Waals surface area contributed by atoms with Gasteiger partial charge in [0.15, 0.2) is 46.4 Å². The molecular weight excluding hydrogens is 534 g/mol. The summed E-state index contributed by atoms with van der Waals surface area (Å²) in [6.07, 6.45) is -1.61. The number of methoxy groups -OCH3 is 1. The zero-order valence-electron chi connectivity index (χ0n) is 22.1. The first-order valence-electron chi connectivity index (χ1n) is 12.6. The molecule has 1 aliphatic heterocycles. The largest absolute Gasteiger partial charge is 0.508 e. The second-order valence-electron chi connectivity index (χ2n) is 10.2. The van der Waals surface area contributed by atoms with Crippen molar-refractivity contribution in [2.45, 2.75) is 31.7 Å². The van der Waals surface area contributed by atoms with Crippen LogP contribution in [0.5, 0.6) is 34.5 Å². The molecule has 0 radical (unpaired) electrons. The maximum Gasteiger partial charge on any atom is 0.197 e. The van der Waals surface area contributed by atoms with E-state index in [0.717, 1.165) is 6.07 Å². The van der Waals surface area contributed by atoms with Crippen molar-refractivity contribution in [3.05, 3.63) is 87.9 Å². The molecule has 210 valence electrons. The van der Waals surface area contributed by atoms with Gasteiger partial charge < -0.3 is 43.6 Å². The summed E-state index contributed by atoms with van der Waals surface area (Å²) in [6.45, 7) is 3.14. The zero-order valence-corrected chi connectivity index (χ0v) is 22.1. The first-order chi connectivity index (χ1) is 19.5. The fourth-order valence-electron chi connectivity index (χ4n) is 4.68. The van der Waals surface area contributed by atoms with Crippen LogP contribution in [0.15, 0.2) is 74.4 Å². The molecule has 2 atom stereocenters. The Morgan fingerprint density at radius 3 is 2.39 bits per heavy atom. The van der Waals surface area contributed by atoms with E-state index in [1.54, 1.807) is 50.2 Å². The van der Waals surface area contributed by atoms with Crippen LogP contribution in [0, 0.1) is 0 Å². The molecular formula is C30H25NO10. The number of aromatic nitrogens is 1. The summed E-state index contributed by atoms with van der Waals surface area (Å²) in [5, 5.41) is 44.6. The number of hydrogen-bond acceptors (Lipinski definition) is 11. The van der Waals surface area contributed by atoms with Gasteiger partial charge in [-0.25, -0.2) is 0 Å². The summed E-state index contributed by atoms with van der Waals surface area (Å²) in [7, 11) is 1.43. The molecule has 6 rings (SSSR count). The van der Waals surface area contributed by atoms with Crippen LogP contribution in [0.25, 0.3) is 22.3 Å². The SMILES string of the molecule is COc1cc(C2Oc3cc(-c4cc(=O)c5c(O)cc(O)cc5o4)ccc3OC2c2cc(C(C)(C)O)on2)ccc1O. The van der Waals surface area contributed by atoms with Gasteiger partial charge in [-0.2, -0.15) is 0 Å². The smallest absolute Gasteiger partial charge is 0.197 e. The van der Waals surface area contributed by atoms with Crippen LogP contribution in [0.4, 0.5) is 0 Å². The van der Waals surface area contributed by atoms with Gasteiger partial charge in [0.2, 0.25) is 0 Å². The van der Waals surface area contributed by atoms with Crippen molar-refractivity contribution in [3.8, 4) is 45.8 Å². The fourth-order valence-corrected chi connectivity index (χ4v) is 4.68. The zero-order chi connectivity index (χ0) is 29.1. The molecule has 2 unspecified atom stereocenters. The van der Waals surface area contributed by atoms with Crippen LogP contribution < -0.4 is 19.6 Å². The summed E-state index contributed by atoms with van der Waals surface area (Å²) in [4.78, 5) is 12.8. The Morgan fingerprint density at radius 1 is 0.878 bits per heavy atom. The van der Waals surface area contributed by atoms with Crippen molar-refractivity contribution >= 4 is 11.0 Å². The van der Waals surface area contributed by atoms with Crippen molar-refractivity contribution in [1.29, 1.82) is 0 Å². The number of phenolic OH excluding ortho intramolecular Hbond substituents is 3. The monoisotopic (exact) mass is 559 g/mol. The highest BCUT2D eigenvalue weighted by Gasteiger charge is 2.38. The molecule has 11 heteroatoms. The van der Waals surface area contributed by atoms with E-state index in [-0.39, 0.29) is 45.5 Å². The number of benzene rings is 3. The predicted molar refractivity (Wildman–Crippen MR) is 144 cm³/mol. The third-order valence-corrected chi connectivity index (χ3v) is 6.76. The number of fused-ring (bicyclic) bond motifs is 2. The van der Waals surface area contributed by atoms with Crippen LogP contribution in [-0.4, -0.2) is 32.7 Å². The lowest BCUT2D eigenvalue weighted by Crippen LogP contribution is -2.27. The van der Waals surface area contributed by atoms with Crippen LogP contribution in [-0.2, 0) is 5.60 Å². The van der Waals surface area contributed by atoms with E-state index in [4.69, 9.17) is 23.2 Å². The minimum absolute atomic E-state index is 0.0164. The number of rotatable bonds is 5. The first-order valence-corrected chi connectivity index (χ1v) is 12.6. The first kappa shape index (κ1) is 26.1. The minimum Gasteiger partial charge on any atom is -0.508 e. The van der Waals surface area contributed by atoms with E-state index in [9.17, 15) is 25.2 Å². The standard InChI is InChI=1S/C30H25NO10/c1-30(2,36)26-12-17(31-41-26)29-28(15-4-6-18(33)23(9-15)37-3)40-24-8-14(5-7-21(24)39-29)22-13-20(35)27-19(34)10-16(32)11-25(27)38-22/h4-13,28-29,32-34,36H,1-3H3. The molecule has 41 heavy (non-hydrogen) atoms. The molecule has 11 nitrogen and oxygen atoms in total. The summed E-state index contributed by atoms with van der Waals surface area (Å²) in [5.41, 5.74) is -0.312. The topological polar surface area (TPSA) is 165 Å². The van der Waals surface area contributed by atoms with E-state index in [1.165, 1.54) is 25.3 Å². The molecule has 3 heterocycles. The Labute approximate surface area is 232 Å². The lowest BCUT2D eigenvalue weighted by molar-refractivity contribution is 0.0137. The van der Waals surface area contributed by atoms with Gasteiger partial charge >= 0.3 is 0 Å². The molecule has 0 saturated carbocycles. The molecule has 0 saturated heterocycles. The van der Waals surface area contributed by atoms with Gasteiger partial charge in [0.1, 0.15) is 39.5 Å². The number of nitrogens with zero attached hydrogens (tertiary/aromatic N) is 1. The Hall–Kier alpha value is -5.16.